The normalized spacial score (nSPS) is 24.8. The van der Waals surface area contributed by atoms with E-state index >= 15 is 0 Å². The fraction of sp³-hybridized carbons (Fsp3) is 0.417. The average Bonchev–Trinajstić information content (AvgIpc) is 2.23. The van der Waals surface area contributed by atoms with Crippen molar-refractivity contribution in [2.24, 2.45) is 0 Å². The molecule has 1 fully saturated rings. The Morgan fingerprint density at radius 2 is 1.81 bits per heavy atom. The number of benzene rings is 1. The number of rotatable bonds is 3. The molecule has 0 saturated carbocycles. The van der Waals surface area contributed by atoms with Crippen LogP contribution in [0.4, 0.5) is 0 Å². The molecule has 1 aromatic carbocycles. The van der Waals surface area contributed by atoms with E-state index in [4.69, 9.17) is 4.43 Å². The molecule has 0 spiro atoms. The van der Waals surface area contributed by atoms with Crippen molar-refractivity contribution in [1.29, 1.82) is 0 Å². The Hall–Kier alpha value is -1.13. The first-order valence-electron chi connectivity index (χ1n) is 5.50. The number of hydrogen-bond donors (Lipinski definition) is 1. The number of nitrogens with one attached hydrogen (secondary N) is 1. The van der Waals surface area contributed by atoms with E-state index in [9.17, 15) is 4.79 Å². The molecule has 1 saturated heterocycles. The highest BCUT2D eigenvalue weighted by atomic mass is 28.4. The van der Waals surface area contributed by atoms with Crippen molar-refractivity contribution in [2.75, 3.05) is 0 Å². The second kappa shape index (κ2) is 4.03. The predicted octanol–water partition coefficient (Wildman–Crippen LogP) is 2.08. The highest BCUT2D eigenvalue weighted by molar-refractivity contribution is 6.70. The van der Waals surface area contributed by atoms with Crippen LogP contribution in [0.3, 0.4) is 0 Å². The summed E-state index contributed by atoms with van der Waals surface area (Å²) in [6.45, 7) is 6.29. The lowest BCUT2D eigenvalue weighted by Crippen LogP contribution is -2.59. The topological polar surface area (TPSA) is 38.3 Å². The molecular weight excluding hydrogens is 218 g/mol. The Balaban J connectivity index is 2.11. The van der Waals surface area contributed by atoms with Crippen molar-refractivity contribution in [1.82, 2.24) is 5.32 Å². The third-order valence-electron chi connectivity index (χ3n) is 2.50. The van der Waals surface area contributed by atoms with Gasteiger partial charge >= 0.3 is 0 Å². The fourth-order valence-corrected chi connectivity index (χ4v) is 2.79. The molecule has 1 aromatic rings. The van der Waals surface area contributed by atoms with E-state index in [-0.39, 0.29) is 18.1 Å². The lowest BCUT2D eigenvalue weighted by molar-refractivity contribution is -0.141. The molecule has 2 atom stereocenters. The van der Waals surface area contributed by atoms with Crippen LogP contribution in [-0.2, 0) is 9.22 Å². The van der Waals surface area contributed by atoms with Gasteiger partial charge in [0, 0.05) is 0 Å². The zero-order valence-electron chi connectivity index (χ0n) is 9.86. The highest BCUT2D eigenvalue weighted by Crippen LogP contribution is 2.29. The molecule has 0 aliphatic carbocycles. The van der Waals surface area contributed by atoms with E-state index in [1.54, 1.807) is 0 Å². The number of carbonyl (C=O) groups excluding carboxylic acids is 1. The smallest absolute Gasteiger partial charge is 0.251 e. The molecule has 1 heterocycles. The summed E-state index contributed by atoms with van der Waals surface area (Å²) in [6, 6.07) is 9.99. The molecule has 86 valence electrons. The summed E-state index contributed by atoms with van der Waals surface area (Å²) in [7, 11) is -1.67. The van der Waals surface area contributed by atoms with Crippen LogP contribution in [0.5, 0.6) is 0 Å². The molecule has 1 amide bonds. The van der Waals surface area contributed by atoms with Crippen LogP contribution >= 0.6 is 0 Å². The van der Waals surface area contributed by atoms with Gasteiger partial charge in [0.25, 0.3) is 5.91 Å². The summed E-state index contributed by atoms with van der Waals surface area (Å²) >= 11 is 0. The van der Waals surface area contributed by atoms with E-state index in [2.05, 4.69) is 25.0 Å². The van der Waals surface area contributed by atoms with Gasteiger partial charge in [-0.05, 0) is 25.2 Å². The Labute approximate surface area is 96.9 Å². The zero-order chi connectivity index (χ0) is 11.8. The quantitative estimate of drug-likeness (QED) is 0.643. The first kappa shape index (κ1) is 11.4. The largest absolute Gasteiger partial charge is 0.404 e. The van der Waals surface area contributed by atoms with Crippen LogP contribution in [0.15, 0.2) is 30.3 Å². The van der Waals surface area contributed by atoms with Crippen molar-refractivity contribution in [3.8, 4) is 0 Å². The highest BCUT2D eigenvalue weighted by Gasteiger charge is 2.43. The van der Waals surface area contributed by atoms with Gasteiger partial charge in [-0.2, -0.15) is 0 Å². The maximum Gasteiger partial charge on any atom is 0.251 e. The molecule has 16 heavy (non-hydrogen) atoms. The third-order valence-corrected chi connectivity index (χ3v) is 3.46. The molecule has 3 nitrogen and oxygen atoms in total. The third kappa shape index (κ3) is 2.33. The van der Waals surface area contributed by atoms with Crippen LogP contribution in [0.1, 0.15) is 11.6 Å². The van der Waals surface area contributed by atoms with Crippen molar-refractivity contribution >= 4 is 14.2 Å². The molecule has 4 heteroatoms. The Morgan fingerprint density at radius 1 is 1.19 bits per heavy atom. The second-order valence-electron chi connectivity index (χ2n) is 5.05. The summed E-state index contributed by atoms with van der Waals surface area (Å²) in [5.41, 5.74) is 1.12. The van der Waals surface area contributed by atoms with E-state index in [0.717, 1.165) is 5.56 Å². The molecule has 1 aliphatic heterocycles. The van der Waals surface area contributed by atoms with Gasteiger partial charge in [0.15, 0.2) is 8.32 Å². The van der Waals surface area contributed by atoms with Crippen molar-refractivity contribution in [2.45, 2.75) is 31.8 Å². The van der Waals surface area contributed by atoms with E-state index < -0.39 is 8.32 Å². The lowest BCUT2D eigenvalue weighted by Gasteiger charge is -2.40. The minimum Gasteiger partial charge on any atom is -0.404 e. The van der Waals surface area contributed by atoms with E-state index in [0.29, 0.717) is 0 Å². The van der Waals surface area contributed by atoms with Crippen LogP contribution in [0.25, 0.3) is 0 Å². The summed E-state index contributed by atoms with van der Waals surface area (Å²) in [4.78, 5) is 11.5. The standard InChI is InChI=1S/C12H17NO2Si/c1-16(2,3)15-11-10(13-12(11)14)9-7-5-4-6-8-9/h4-8,10-11H,1-3H3,(H,13,14)/t10-,11-/m1/s1. The van der Waals surface area contributed by atoms with Gasteiger partial charge in [0.1, 0.15) is 6.10 Å². The van der Waals surface area contributed by atoms with Gasteiger partial charge in [-0.25, -0.2) is 0 Å². The van der Waals surface area contributed by atoms with Gasteiger partial charge in [0.05, 0.1) is 6.04 Å². The van der Waals surface area contributed by atoms with Crippen molar-refractivity contribution < 1.29 is 9.22 Å². The van der Waals surface area contributed by atoms with Gasteiger partial charge in [0.2, 0.25) is 0 Å². The molecule has 1 N–H and O–H groups in total. The summed E-state index contributed by atoms with van der Waals surface area (Å²) in [5.74, 6) is 0.0104. The summed E-state index contributed by atoms with van der Waals surface area (Å²) < 4.78 is 5.88. The van der Waals surface area contributed by atoms with Crippen molar-refractivity contribution in [3.05, 3.63) is 35.9 Å². The first-order valence-corrected chi connectivity index (χ1v) is 8.91. The fourth-order valence-electron chi connectivity index (χ4n) is 1.79. The summed E-state index contributed by atoms with van der Waals surface area (Å²) in [6.07, 6.45) is -0.297. The van der Waals surface area contributed by atoms with Crippen LogP contribution in [-0.4, -0.2) is 20.3 Å². The number of carbonyl (C=O) groups is 1. The Morgan fingerprint density at radius 3 is 2.31 bits per heavy atom. The monoisotopic (exact) mass is 235 g/mol. The van der Waals surface area contributed by atoms with Gasteiger partial charge in [-0.3, -0.25) is 4.79 Å². The predicted molar refractivity (Wildman–Crippen MR) is 65.5 cm³/mol. The summed E-state index contributed by atoms with van der Waals surface area (Å²) in [5, 5.41) is 2.89. The van der Waals surface area contributed by atoms with Gasteiger partial charge < -0.3 is 9.74 Å². The van der Waals surface area contributed by atoms with E-state index in [1.165, 1.54) is 0 Å². The molecule has 0 unspecified atom stereocenters. The number of hydrogen-bond acceptors (Lipinski definition) is 2. The first-order chi connectivity index (χ1) is 7.47. The maximum atomic E-state index is 11.5. The van der Waals surface area contributed by atoms with Crippen LogP contribution in [0, 0.1) is 0 Å². The molecule has 1 aliphatic rings. The molecule has 2 rings (SSSR count). The lowest BCUT2D eigenvalue weighted by atomic mass is 9.94. The van der Waals surface area contributed by atoms with Gasteiger partial charge in [-0.15, -0.1) is 0 Å². The molecule has 0 bridgehead atoms. The molecular formula is C12H17NO2Si. The second-order valence-corrected chi connectivity index (χ2v) is 9.51. The van der Waals surface area contributed by atoms with Gasteiger partial charge in [-0.1, -0.05) is 30.3 Å². The van der Waals surface area contributed by atoms with Crippen LogP contribution < -0.4 is 5.32 Å². The average molecular weight is 235 g/mol. The molecule has 0 radical (unpaired) electrons. The number of amides is 1. The zero-order valence-corrected chi connectivity index (χ0v) is 10.9. The van der Waals surface area contributed by atoms with E-state index in [1.807, 2.05) is 30.3 Å². The SMILES string of the molecule is C[Si](C)(C)O[C@H]1C(=O)N[C@@H]1c1ccccc1. The Bertz CT molecular complexity index is 386. The minimum absolute atomic E-state index is 0.0104. The van der Waals surface area contributed by atoms with Crippen LogP contribution in [0.2, 0.25) is 19.6 Å². The Kier molecular flexibility index (Phi) is 2.86. The van der Waals surface area contributed by atoms with Crippen molar-refractivity contribution in [3.63, 3.8) is 0 Å². The maximum absolute atomic E-state index is 11.5. The molecule has 0 aromatic heterocycles. The number of β-lactam (4-membered cyclic amide) rings is 1. The minimum atomic E-state index is -1.67.